The van der Waals surface area contributed by atoms with Crippen LogP contribution < -0.4 is 5.32 Å². The highest BCUT2D eigenvalue weighted by Crippen LogP contribution is 2.28. The Morgan fingerprint density at radius 3 is 2.44 bits per heavy atom. The van der Waals surface area contributed by atoms with Gasteiger partial charge in [-0.25, -0.2) is 0 Å². The maximum absolute atomic E-state index is 3.62. The normalized spacial score (nSPS) is 12.2. The molecular weight excluding hydrogens is 286 g/mol. The summed E-state index contributed by atoms with van der Waals surface area (Å²) in [5.74, 6) is 0. The van der Waals surface area contributed by atoms with E-state index in [1.54, 1.807) is 0 Å². The number of benzene rings is 2. The SMILES string of the molecule is CCC(Nc1cccc(Br)c1C)c1ccccc1. The van der Waals surface area contributed by atoms with Crippen molar-refractivity contribution >= 4 is 21.6 Å². The maximum atomic E-state index is 3.62. The number of anilines is 1. The van der Waals surface area contributed by atoms with Gasteiger partial charge in [0.05, 0.1) is 6.04 Å². The topological polar surface area (TPSA) is 12.0 Å². The molecule has 94 valence electrons. The lowest BCUT2D eigenvalue weighted by Crippen LogP contribution is -2.10. The third-order valence-corrected chi connectivity index (χ3v) is 4.07. The van der Waals surface area contributed by atoms with Crippen LogP contribution in [0.25, 0.3) is 0 Å². The molecule has 1 N–H and O–H groups in total. The molecule has 0 radical (unpaired) electrons. The van der Waals surface area contributed by atoms with Crippen LogP contribution in [-0.4, -0.2) is 0 Å². The van der Waals surface area contributed by atoms with E-state index < -0.39 is 0 Å². The van der Waals surface area contributed by atoms with Gasteiger partial charge in [0.2, 0.25) is 0 Å². The first-order chi connectivity index (χ1) is 8.72. The standard InChI is InChI=1S/C16H18BrN/c1-3-15(13-8-5-4-6-9-13)18-16-11-7-10-14(17)12(16)2/h4-11,15,18H,3H2,1-2H3. The van der Waals surface area contributed by atoms with Crippen LogP contribution in [0.15, 0.2) is 53.0 Å². The van der Waals surface area contributed by atoms with E-state index >= 15 is 0 Å². The Hall–Kier alpha value is -1.28. The van der Waals surface area contributed by atoms with Crippen molar-refractivity contribution in [3.05, 3.63) is 64.1 Å². The van der Waals surface area contributed by atoms with Crippen LogP contribution in [0.2, 0.25) is 0 Å². The average molecular weight is 304 g/mol. The van der Waals surface area contributed by atoms with E-state index in [1.807, 2.05) is 0 Å². The zero-order valence-corrected chi connectivity index (χ0v) is 12.4. The summed E-state index contributed by atoms with van der Waals surface area (Å²) in [5, 5.41) is 3.62. The van der Waals surface area contributed by atoms with Crippen molar-refractivity contribution in [2.45, 2.75) is 26.3 Å². The highest BCUT2D eigenvalue weighted by molar-refractivity contribution is 9.10. The van der Waals surface area contributed by atoms with Gasteiger partial charge in [-0.3, -0.25) is 0 Å². The minimum Gasteiger partial charge on any atom is -0.378 e. The molecule has 18 heavy (non-hydrogen) atoms. The first-order valence-corrected chi connectivity index (χ1v) is 7.08. The Kier molecular flexibility index (Phi) is 4.43. The van der Waals surface area contributed by atoms with Gasteiger partial charge < -0.3 is 5.32 Å². The second-order valence-electron chi connectivity index (χ2n) is 4.43. The Morgan fingerprint density at radius 1 is 1.06 bits per heavy atom. The molecule has 0 saturated heterocycles. The van der Waals surface area contributed by atoms with Crippen LogP contribution in [0.1, 0.15) is 30.5 Å². The average Bonchev–Trinajstić information content (AvgIpc) is 2.41. The quantitative estimate of drug-likeness (QED) is 0.806. The molecule has 2 rings (SSSR count). The molecule has 1 unspecified atom stereocenters. The Balaban J connectivity index is 2.24. The summed E-state index contributed by atoms with van der Waals surface area (Å²) >= 11 is 3.57. The van der Waals surface area contributed by atoms with Gasteiger partial charge in [-0.05, 0) is 36.6 Å². The van der Waals surface area contributed by atoms with Crippen molar-refractivity contribution in [1.29, 1.82) is 0 Å². The molecule has 1 atom stereocenters. The fourth-order valence-electron chi connectivity index (χ4n) is 2.06. The summed E-state index contributed by atoms with van der Waals surface area (Å²) < 4.78 is 1.15. The second kappa shape index (κ2) is 6.05. The molecule has 0 aliphatic heterocycles. The van der Waals surface area contributed by atoms with Gasteiger partial charge in [0, 0.05) is 10.2 Å². The van der Waals surface area contributed by atoms with Crippen LogP contribution in [0, 0.1) is 6.92 Å². The Labute approximate surface area is 117 Å². The molecule has 0 bridgehead atoms. The number of hydrogen-bond acceptors (Lipinski definition) is 1. The van der Waals surface area contributed by atoms with Crippen LogP contribution in [-0.2, 0) is 0 Å². The van der Waals surface area contributed by atoms with E-state index in [9.17, 15) is 0 Å². The smallest absolute Gasteiger partial charge is 0.0511 e. The van der Waals surface area contributed by atoms with Gasteiger partial charge in [0.15, 0.2) is 0 Å². The van der Waals surface area contributed by atoms with Crippen molar-refractivity contribution in [1.82, 2.24) is 0 Å². The fourth-order valence-corrected chi connectivity index (χ4v) is 2.42. The van der Waals surface area contributed by atoms with Crippen molar-refractivity contribution in [2.24, 2.45) is 0 Å². The summed E-state index contributed by atoms with van der Waals surface area (Å²) in [5.41, 5.74) is 3.78. The summed E-state index contributed by atoms with van der Waals surface area (Å²) in [6.07, 6.45) is 1.07. The van der Waals surface area contributed by atoms with Crippen LogP contribution in [0.4, 0.5) is 5.69 Å². The van der Waals surface area contributed by atoms with Gasteiger partial charge in [-0.15, -0.1) is 0 Å². The highest BCUT2D eigenvalue weighted by atomic mass is 79.9. The predicted octanol–water partition coefficient (Wildman–Crippen LogP) is 5.32. The molecule has 2 heteroatoms. The van der Waals surface area contributed by atoms with Gasteiger partial charge in [-0.2, -0.15) is 0 Å². The summed E-state index contributed by atoms with van der Waals surface area (Å²) in [4.78, 5) is 0. The lowest BCUT2D eigenvalue weighted by atomic mass is 10.0. The molecule has 2 aromatic rings. The molecule has 0 fully saturated rings. The van der Waals surface area contributed by atoms with E-state index in [0.29, 0.717) is 6.04 Å². The lowest BCUT2D eigenvalue weighted by molar-refractivity contribution is 0.748. The van der Waals surface area contributed by atoms with Crippen molar-refractivity contribution < 1.29 is 0 Å². The highest BCUT2D eigenvalue weighted by Gasteiger charge is 2.10. The predicted molar refractivity (Wildman–Crippen MR) is 82.0 cm³/mol. The summed E-state index contributed by atoms with van der Waals surface area (Å²) in [6.45, 7) is 4.34. The zero-order valence-electron chi connectivity index (χ0n) is 10.8. The Bertz CT molecular complexity index is 508. The fraction of sp³-hybridized carbons (Fsp3) is 0.250. The minimum absolute atomic E-state index is 0.360. The maximum Gasteiger partial charge on any atom is 0.0511 e. The van der Waals surface area contributed by atoms with Crippen LogP contribution in [0.5, 0.6) is 0 Å². The van der Waals surface area contributed by atoms with Gasteiger partial charge in [0.25, 0.3) is 0 Å². The third kappa shape index (κ3) is 2.94. The first kappa shape index (κ1) is 13.2. The molecule has 0 heterocycles. The van der Waals surface area contributed by atoms with E-state index in [-0.39, 0.29) is 0 Å². The van der Waals surface area contributed by atoms with Gasteiger partial charge in [0.1, 0.15) is 0 Å². The molecule has 0 saturated carbocycles. The molecule has 1 nitrogen and oxygen atoms in total. The van der Waals surface area contributed by atoms with Crippen molar-refractivity contribution in [2.75, 3.05) is 5.32 Å². The van der Waals surface area contributed by atoms with Gasteiger partial charge in [-0.1, -0.05) is 59.3 Å². The van der Waals surface area contributed by atoms with Crippen molar-refractivity contribution in [3.63, 3.8) is 0 Å². The number of rotatable bonds is 4. The van der Waals surface area contributed by atoms with E-state index in [4.69, 9.17) is 0 Å². The molecule has 2 aromatic carbocycles. The second-order valence-corrected chi connectivity index (χ2v) is 5.28. The van der Waals surface area contributed by atoms with E-state index in [1.165, 1.54) is 16.8 Å². The van der Waals surface area contributed by atoms with Crippen LogP contribution in [0.3, 0.4) is 0 Å². The molecular formula is C16H18BrN. The third-order valence-electron chi connectivity index (χ3n) is 3.21. The Morgan fingerprint density at radius 2 is 1.78 bits per heavy atom. The lowest BCUT2D eigenvalue weighted by Gasteiger charge is -2.20. The molecule has 0 aromatic heterocycles. The summed E-state index contributed by atoms with van der Waals surface area (Å²) in [7, 11) is 0. The van der Waals surface area contributed by atoms with Crippen LogP contribution >= 0.6 is 15.9 Å². The van der Waals surface area contributed by atoms with Gasteiger partial charge >= 0.3 is 0 Å². The van der Waals surface area contributed by atoms with E-state index in [2.05, 4.69) is 83.6 Å². The summed E-state index contributed by atoms with van der Waals surface area (Å²) in [6, 6.07) is 17.2. The van der Waals surface area contributed by atoms with E-state index in [0.717, 1.165) is 10.9 Å². The number of nitrogens with one attached hydrogen (secondary N) is 1. The largest absolute Gasteiger partial charge is 0.378 e. The molecule has 0 aliphatic carbocycles. The molecule has 0 spiro atoms. The molecule has 0 amide bonds. The number of hydrogen-bond donors (Lipinski definition) is 1. The molecule has 0 aliphatic rings. The monoisotopic (exact) mass is 303 g/mol. The zero-order chi connectivity index (χ0) is 13.0. The first-order valence-electron chi connectivity index (χ1n) is 6.29. The minimum atomic E-state index is 0.360. The number of halogens is 1. The van der Waals surface area contributed by atoms with Crippen molar-refractivity contribution in [3.8, 4) is 0 Å².